The Morgan fingerprint density at radius 1 is 1.19 bits per heavy atom. The lowest BCUT2D eigenvalue weighted by Gasteiger charge is -2.22. The molecule has 1 saturated heterocycles. The molecule has 1 aliphatic rings. The number of ether oxygens (including phenoxy) is 1. The highest BCUT2D eigenvalue weighted by Crippen LogP contribution is 2.29. The first kappa shape index (κ1) is 18.6. The number of fused-ring (bicyclic) bond motifs is 1. The van der Waals surface area contributed by atoms with E-state index in [2.05, 4.69) is 10.4 Å². The third kappa shape index (κ3) is 3.66. The van der Waals surface area contributed by atoms with Crippen molar-refractivity contribution in [3.05, 3.63) is 54.1 Å². The molecule has 138 valence electrons. The van der Waals surface area contributed by atoms with Crippen molar-refractivity contribution >= 4 is 23.3 Å². The van der Waals surface area contributed by atoms with Crippen LogP contribution < -0.4 is 10.1 Å². The molecular formula is C19H20ClF2N3O. The SMILES string of the molecule is Cl.Fc1ccc2c(OCC3CCCNC3)nn(-c3ccccc3F)c2c1. The zero-order valence-electron chi connectivity index (χ0n) is 14.1. The van der Waals surface area contributed by atoms with E-state index in [-0.39, 0.29) is 18.1 Å². The zero-order valence-corrected chi connectivity index (χ0v) is 14.9. The van der Waals surface area contributed by atoms with Gasteiger partial charge in [0.15, 0.2) is 0 Å². The molecule has 4 rings (SSSR count). The lowest BCUT2D eigenvalue weighted by molar-refractivity contribution is 0.213. The van der Waals surface area contributed by atoms with Crippen LogP contribution in [0, 0.1) is 17.6 Å². The molecule has 0 bridgehead atoms. The zero-order chi connectivity index (χ0) is 17.2. The van der Waals surface area contributed by atoms with Crippen LogP contribution in [-0.2, 0) is 0 Å². The molecule has 1 aromatic heterocycles. The van der Waals surface area contributed by atoms with Crippen LogP contribution in [0.25, 0.3) is 16.6 Å². The monoisotopic (exact) mass is 379 g/mol. The molecular weight excluding hydrogens is 360 g/mol. The minimum Gasteiger partial charge on any atom is -0.476 e. The predicted molar refractivity (Wildman–Crippen MR) is 99.3 cm³/mol. The maximum atomic E-state index is 14.2. The molecule has 0 aliphatic carbocycles. The Morgan fingerprint density at radius 3 is 2.81 bits per heavy atom. The van der Waals surface area contributed by atoms with E-state index in [0.717, 1.165) is 25.9 Å². The predicted octanol–water partition coefficient (Wildman–Crippen LogP) is 4.10. The summed E-state index contributed by atoms with van der Waals surface area (Å²) in [4.78, 5) is 0. The summed E-state index contributed by atoms with van der Waals surface area (Å²) >= 11 is 0. The van der Waals surface area contributed by atoms with Crippen molar-refractivity contribution in [1.29, 1.82) is 0 Å². The Balaban J connectivity index is 0.00000196. The summed E-state index contributed by atoms with van der Waals surface area (Å²) in [5.74, 6) is 0.0129. The lowest BCUT2D eigenvalue weighted by Crippen LogP contribution is -2.33. The number of nitrogens with zero attached hydrogens (tertiary/aromatic N) is 2. The van der Waals surface area contributed by atoms with Gasteiger partial charge in [-0.25, -0.2) is 13.5 Å². The van der Waals surface area contributed by atoms with Crippen LogP contribution in [0.5, 0.6) is 5.88 Å². The van der Waals surface area contributed by atoms with Crippen molar-refractivity contribution in [3.8, 4) is 11.6 Å². The molecule has 1 aliphatic heterocycles. The van der Waals surface area contributed by atoms with Gasteiger partial charge in [0.25, 0.3) is 0 Å². The van der Waals surface area contributed by atoms with Crippen LogP contribution in [0.4, 0.5) is 8.78 Å². The van der Waals surface area contributed by atoms with Gasteiger partial charge in [-0.05, 0) is 43.7 Å². The second kappa shape index (κ2) is 8.01. The third-order valence-corrected chi connectivity index (χ3v) is 4.54. The van der Waals surface area contributed by atoms with Crippen molar-refractivity contribution < 1.29 is 13.5 Å². The molecule has 3 aromatic rings. The topological polar surface area (TPSA) is 39.1 Å². The molecule has 4 nitrogen and oxygen atoms in total. The number of para-hydroxylation sites is 1. The van der Waals surface area contributed by atoms with Gasteiger partial charge < -0.3 is 10.1 Å². The first-order valence-electron chi connectivity index (χ1n) is 8.49. The van der Waals surface area contributed by atoms with Gasteiger partial charge in [-0.2, -0.15) is 0 Å². The van der Waals surface area contributed by atoms with E-state index in [1.54, 1.807) is 24.3 Å². The van der Waals surface area contributed by atoms with Crippen LogP contribution >= 0.6 is 12.4 Å². The number of piperidine rings is 1. The summed E-state index contributed by atoms with van der Waals surface area (Å²) in [7, 11) is 0. The molecule has 0 radical (unpaired) electrons. The molecule has 1 fully saturated rings. The number of benzene rings is 2. The summed E-state index contributed by atoms with van der Waals surface area (Å²) in [5, 5.41) is 8.44. The van der Waals surface area contributed by atoms with Gasteiger partial charge in [-0.3, -0.25) is 0 Å². The van der Waals surface area contributed by atoms with Gasteiger partial charge in [-0.15, -0.1) is 17.5 Å². The van der Waals surface area contributed by atoms with E-state index in [4.69, 9.17) is 4.74 Å². The number of hydrogen-bond donors (Lipinski definition) is 1. The Hall–Kier alpha value is -2.18. The van der Waals surface area contributed by atoms with Crippen LogP contribution in [0.3, 0.4) is 0 Å². The minimum atomic E-state index is -0.417. The summed E-state index contributed by atoms with van der Waals surface area (Å²) in [5.41, 5.74) is 0.758. The standard InChI is InChI=1S/C19H19F2N3O.ClH/c20-14-7-8-15-18(10-14)24(17-6-2-1-5-16(17)21)23-19(15)25-12-13-4-3-9-22-11-13;/h1-2,5-8,10,13,22H,3-4,9,11-12H2;1H. The lowest BCUT2D eigenvalue weighted by atomic mass is 10.0. The molecule has 2 heterocycles. The van der Waals surface area contributed by atoms with Crippen molar-refractivity contribution in [2.24, 2.45) is 5.92 Å². The number of aromatic nitrogens is 2. The highest BCUT2D eigenvalue weighted by atomic mass is 35.5. The van der Waals surface area contributed by atoms with Gasteiger partial charge in [0.2, 0.25) is 5.88 Å². The second-order valence-electron chi connectivity index (χ2n) is 6.35. The second-order valence-corrected chi connectivity index (χ2v) is 6.35. The molecule has 0 amide bonds. The van der Waals surface area contributed by atoms with E-state index in [1.807, 2.05) is 0 Å². The van der Waals surface area contributed by atoms with Crippen LogP contribution in [0.15, 0.2) is 42.5 Å². The van der Waals surface area contributed by atoms with Crippen molar-refractivity contribution in [3.63, 3.8) is 0 Å². The molecule has 2 aromatic carbocycles. The molecule has 1 atom stereocenters. The summed E-state index contributed by atoms with van der Waals surface area (Å²) in [6, 6.07) is 10.6. The Bertz CT molecular complexity index is 894. The Kier molecular flexibility index (Phi) is 5.74. The summed E-state index contributed by atoms with van der Waals surface area (Å²) in [6.07, 6.45) is 2.23. The number of nitrogens with one attached hydrogen (secondary N) is 1. The first-order chi connectivity index (χ1) is 12.2. The van der Waals surface area contributed by atoms with Crippen LogP contribution in [-0.4, -0.2) is 29.5 Å². The maximum Gasteiger partial charge on any atom is 0.241 e. The molecule has 0 spiro atoms. The van der Waals surface area contributed by atoms with E-state index in [0.29, 0.717) is 29.3 Å². The fraction of sp³-hybridized carbons (Fsp3) is 0.316. The van der Waals surface area contributed by atoms with Crippen molar-refractivity contribution in [2.75, 3.05) is 19.7 Å². The average molecular weight is 380 g/mol. The smallest absolute Gasteiger partial charge is 0.241 e. The van der Waals surface area contributed by atoms with Crippen LogP contribution in [0.1, 0.15) is 12.8 Å². The quantitative estimate of drug-likeness (QED) is 0.741. The van der Waals surface area contributed by atoms with Gasteiger partial charge in [0.05, 0.1) is 17.5 Å². The van der Waals surface area contributed by atoms with E-state index in [1.165, 1.54) is 22.9 Å². The average Bonchev–Trinajstić information content (AvgIpc) is 2.99. The Labute approximate surface area is 156 Å². The van der Waals surface area contributed by atoms with E-state index in [9.17, 15) is 8.78 Å². The maximum absolute atomic E-state index is 14.2. The normalized spacial score (nSPS) is 17.1. The summed E-state index contributed by atoms with van der Waals surface area (Å²) < 4.78 is 35.2. The van der Waals surface area contributed by atoms with Crippen molar-refractivity contribution in [2.45, 2.75) is 12.8 Å². The largest absolute Gasteiger partial charge is 0.476 e. The third-order valence-electron chi connectivity index (χ3n) is 4.54. The minimum absolute atomic E-state index is 0. The number of halogens is 3. The molecule has 0 saturated carbocycles. The van der Waals surface area contributed by atoms with Gasteiger partial charge in [0, 0.05) is 18.5 Å². The van der Waals surface area contributed by atoms with E-state index < -0.39 is 11.6 Å². The van der Waals surface area contributed by atoms with E-state index >= 15 is 0 Å². The van der Waals surface area contributed by atoms with Gasteiger partial charge in [-0.1, -0.05) is 12.1 Å². The van der Waals surface area contributed by atoms with Gasteiger partial charge in [0.1, 0.15) is 17.3 Å². The molecule has 26 heavy (non-hydrogen) atoms. The fourth-order valence-corrected chi connectivity index (χ4v) is 3.24. The molecule has 1 unspecified atom stereocenters. The number of hydrogen-bond acceptors (Lipinski definition) is 3. The van der Waals surface area contributed by atoms with Gasteiger partial charge >= 0.3 is 0 Å². The highest BCUT2D eigenvalue weighted by molar-refractivity contribution is 5.86. The molecule has 1 N–H and O–H groups in total. The Morgan fingerprint density at radius 2 is 2.04 bits per heavy atom. The molecule has 7 heteroatoms. The fourth-order valence-electron chi connectivity index (χ4n) is 3.24. The van der Waals surface area contributed by atoms with Crippen LogP contribution in [0.2, 0.25) is 0 Å². The van der Waals surface area contributed by atoms with Crippen molar-refractivity contribution in [1.82, 2.24) is 15.1 Å². The summed E-state index contributed by atoms with van der Waals surface area (Å²) in [6.45, 7) is 2.50. The highest BCUT2D eigenvalue weighted by Gasteiger charge is 2.19. The first-order valence-corrected chi connectivity index (χ1v) is 8.49. The number of rotatable bonds is 4.